The minimum atomic E-state index is -5.29. The maximum atomic E-state index is 11.5. The predicted molar refractivity (Wildman–Crippen MR) is 72.7 cm³/mol. The number of rotatable bonds is 5. The summed E-state index contributed by atoms with van der Waals surface area (Å²) in [5.41, 5.74) is 5.46. The van der Waals surface area contributed by atoms with E-state index in [4.69, 9.17) is 20.6 Å². The predicted octanol–water partition coefficient (Wildman–Crippen LogP) is -0.862. The molecule has 2 heterocycles. The molecule has 7 N–H and O–H groups in total. The van der Waals surface area contributed by atoms with Crippen molar-refractivity contribution < 1.29 is 37.8 Å². The van der Waals surface area contributed by atoms with Crippen LogP contribution in [0.15, 0.2) is 4.99 Å². The van der Waals surface area contributed by atoms with Crippen LogP contribution in [0.25, 0.3) is 0 Å². The average molecular weight is 355 g/mol. The maximum Gasteiger partial charge on any atom is 0.537 e. The van der Waals surface area contributed by atoms with Crippen molar-refractivity contribution in [2.24, 2.45) is 4.99 Å². The van der Waals surface area contributed by atoms with Gasteiger partial charge in [0, 0.05) is 0 Å². The maximum absolute atomic E-state index is 11.5. The molecule has 0 aliphatic carbocycles. The molecule has 0 amide bonds. The summed E-state index contributed by atoms with van der Waals surface area (Å²) in [7, 11) is -10.5. The number of phosphoric ester groups is 1. The number of aliphatic imine (C=N–C) groups is 1. The number of fused-ring (bicyclic) bond motifs is 1. The Morgan fingerprint density at radius 3 is 2.55 bits per heavy atom. The number of phosphoric acid groups is 2. The summed E-state index contributed by atoms with van der Waals surface area (Å²) in [6.07, 6.45) is 0. The van der Waals surface area contributed by atoms with Gasteiger partial charge in [0.2, 0.25) is 5.95 Å². The molecule has 15 heteroatoms. The molecule has 0 radical (unpaired) electrons. The van der Waals surface area contributed by atoms with Gasteiger partial charge >= 0.3 is 15.6 Å². The largest absolute Gasteiger partial charge is 0.537 e. The summed E-state index contributed by atoms with van der Waals surface area (Å²) in [6.45, 7) is -0.263. The van der Waals surface area contributed by atoms with E-state index in [1.807, 2.05) is 0 Å². The molecular formula is C7H11N5O8P2. The molecule has 1 aromatic rings. The minimum Gasteiger partial charge on any atom is -0.390 e. The van der Waals surface area contributed by atoms with Gasteiger partial charge in [-0.3, -0.25) is 4.89 Å². The smallest absolute Gasteiger partial charge is 0.390 e. The summed E-state index contributed by atoms with van der Waals surface area (Å²) in [4.78, 5) is 37.6. The molecule has 1 atom stereocenters. The molecule has 0 spiro atoms. The Morgan fingerprint density at radius 2 is 1.95 bits per heavy atom. The first-order chi connectivity index (χ1) is 10.1. The van der Waals surface area contributed by atoms with Gasteiger partial charge in [-0.2, -0.15) is 14.3 Å². The molecule has 0 bridgehead atoms. The van der Waals surface area contributed by atoms with Crippen LogP contribution < -0.4 is 15.6 Å². The van der Waals surface area contributed by atoms with E-state index in [0.717, 1.165) is 0 Å². The second kappa shape index (κ2) is 5.89. The molecule has 122 valence electrons. The number of anilines is 2. The highest BCUT2D eigenvalue weighted by atomic mass is 31.3. The number of aliphatic hydroxyl groups excluding tert-OH is 1. The standard InChI is InChI=1S/C7H11N5O8P2/c8-7-11-5-4(10-3(2-13)1-9-5)6(12-7)19-22(17,18)20-21(14,15)16/h13H,1-2H2,(H,17,18)(H2,14,15,16)(H3,8,9,11,12). The Morgan fingerprint density at radius 1 is 1.27 bits per heavy atom. The molecule has 1 aliphatic rings. The number of nitrogen functional groups attached to an aromatic ring is 1. The van der Waals surface area contributed by atoms with Crippen molar-refractivity contribution >= 4 is 38.8 Å². The Labute approximate surface area is 122 Å². The zero-order valence-corrected chi connectivity index (χ0v) is 12.4. The highest BCUT2D eigenvalue weighted by Gasteiger charge is 2.36. The lowest BCUT2D eigenvalue weighted by Gasteiger charge is -2.19. The molecule has 1 aromatic heterocycles. The van der Waals surface area contributed by atoms with Crippen molar-refractivity contribution in [1.82, 2.24) is 9.97 Å². The second-order valence-corrected chi connectivity index (χ2v) is 6.66. The zero-order chi connectivity index (χ0) is 16.5. The second-order valence-electron chi connectivity index (χ2n) is 3.91. The van der Waals surface area contributed by atoms with E-state index in [2.05, 4.69) is 29.1 Å². The van der Waals surface area contributed by atoms with Crippen molar-refractivity contribution in [2.75, 3.05) is 24.2 Å². The fourth-order valence-corrected chi connectivity index (χ4v) is 3.03. The third-order valence-corrected chi connectivity index (χ3v) is 4.27. The van der Waals surface area contributed by atoms with Gasteiger partial charge in [0.05, 0.1) is 18.9 Å². The van der Waals surface area contributed by atoms with Crippen molar-refractivity contribution in [3.05, 3.63) is 0 Å². The molecule has 13 nitrogen and oxygen atoms in total. The normalized spacial score (nSPS) is 17.0. The Hall–Kier alpha value is -1.59. The Bertz CT molecular complexity index is 717. The summed E-state index contributed by atoms with van der Waals surface area (Å²) < 4.78 is 30.3. The number of aromatic nitrogens is 2. The summed E-state index contributed by atoms with van der Waals surface area (Å²) >= 11 is 0. The number of nitrogens with two attached hydrogens (primary N) is 1. The highest BCUT2D eigenvalue weighted by molar-refractivity contribution is 7.60. The SMILES string of the molecule is Nc1nc2c(c(OP(=O)(O)OP(=O)(O)O)n1)N=C(CO)CN2. The van der Waals surface area contributed by atoms with Crippen LogP contribution >= 0.6 is 15.6 Å². The topological polar surface area (TPSA) is 210 Å². The first-order valence-electron chi connectivity index (χ1n) is 5.47. The molecule has 2 rings (SSSR count). The molecule has 0 saturated carbocycles. The Balaban J connectivity index is 2.41. The molecule has 1 unspecified atom stereocenters. The van der Waals surface area contributed by atoms with Crippen molar-refractivity contribution in [3.63, 3.8) is 0 Å². The fourth-order valence-electron chi connectivity index (χ4n) is 1.47. The van der Waals surface area contributed by atoms with Crippen molar-refractivity contribution in [3.8, 4) is 5.88 Å². The molecule has 22 heavy (non-hydrogen) atoms. The van der Waals surface area contributed by atoms with Gasteiger partial charge in [-0.25, -0.2) is 14.1 Å². The van der Waals surface area contributed by atoms with E-state index in [1.165, 1.54) is 0 Å². The van der Waals surface area contributed by atoms with E-state index in [9.17, 15) is 14.0 Å². The minimum absolute atomic E-state index is 0.0517. The van der Waals surface area contributed by atoms with Crippen molar-refractivity contribution in [2.45, 2.75) is 0 Å². The van der Waals surface area contributed by atoms with Gasteiger partial charge in [0.25, 0.3) is 5.88 Å². The molecule has 1 aliphatic heterocycles. The fraction of sp³-hybridized carbons (Fsp3) is 0.286. The van der Waals surface area contributed by atoms with E-state index in [0.29, 0.717) is 0 Å². The van der Waals surface area contributed by atoms with E-state index in [1.54, 1.807) is 0 Å². The van der Waals surface area contributed by atoms with Crippen LogP contribution in [0, 0.1) is 0 Å². The molecule has 0 saturated heterocycles. The first-order valence-corrected chi connectivity index (χ1v) is 8.50. The van der Waals surface area contributed by atoms with Crippen LogP contribution in [0.3, 0.4) is 0 Å². The number of hydrogen-bond acceptors (Lipinski definition) is 10. The van der Waals surface area contributed by atoms with Crippen LogP contribution in [0.1, 0.15) is 0 Å². The highest BCUT2D eigenvalue weighted by Crippen LogP contribution is 2.58. The number of nitrogens with zero attached hydrogens (tertiary/aromatic N) is 3. The summed E-state index contributed by atoms with van der Waals surface area (Å²) in [6, 6.07) is 0. The van der Waals surface area contributed by atoms with Crippen LogP contribution in [-0.2, 0) is 13.4 Å². The average Bonchev–Trinajstić information content (AvgIpc) is 2.34. The Kier molecular flexibility index (Phi) is 4.49. The number of nitrogens with one attached hydrogen (secondary N) is 1. The third kappa shape index (κ3) is 4.21. The van der Waals surface area contributed by atoms with Crippen LogP contribution in [-0.4, -0.2) is 48.6 Å². The van der Waals surface area contributed by atoms with Crippen LogP contribution in [0.5, 0.6) is 5.88 Å². The van der Waals surface area contributed by atoms with Gasteiger partial charge in [0.15, 0.2) is 11.5 Å². The van der Waals surface area contributed by atoms with Crippen molar-refractivity contribution in [1.29, 1.82) is 0 Å². The first kappa shape index (κ1) is 16.8. The molecule has 0 fully saturated rings. The van der Waals surface area contributed by atoms with E-state index in [-0.39, 0.29) is 29.7 Å². The van der Waals surface area contributed by atoms with Crippen LogP contribution in [0.2, 0.25) is 0 Å². The van der Waals surface area contributed by atoms with Gasteiger partial charge in [-0.1, -0.05) is 0 Å². The molecular weight excluding hydrogens is 344 g/mol. The summed E-state index contributed by atoms with van der Waals surface area (Å²) in [5.74, 6) is -0.934. The van der Waals surface area contributed by atoms with Crippen LogP contribution in [0.4, 0.5) is 17.5 Å². The number of hydrogen-bond donors (Lipinski definition) is 6. The lowest BCUT2D eigenvalue weighted by atomic mass is 10.3. The van der Waals surface area contributed by atoms with E-state index < -0.39 is 28.1 Å². The monoisotopic (exact) mass is 355 g/mol. The van der Waals surface area contributed by atoms with Gasteiger partial charge in [0.1, 0.15) is 0 Å². The summed E-state index contributed by atoms with van der Waals surface area (Å²) in [5, 5.41) is 11.7. The van der Waals surface area contributed by atoms with Gasteiger partial charge < -0.3 is 30.5 Å². The zero-order valence-electron chi connectivity index (χ0n) is 10.6. The lowest BCUT2D eigenvalue weighted by molar-refractivity contribution is 0.228. The van der Waals surface area contributed by atoms with Gasteiger partial charge in [-0.15, -0.1) is 0 Å². The lowest BCUT2D eigenvalue weighted by Crippen LogP contribution is -2.22. The van der Waals surface area contributed by atoms with Gasteiger partial charge in [-0.05, 0) is 0 Å². The van der Waals surface area contributed by atoms with E-state index >= 15 is 0 Å². The molecule has 0 aromatic carbocycles. The number of aliphatic hydroxyl groups is 1. The third-order valence-electron chi connectivity index (χ3n) is 2.19. The quantitative estimate of drug-likeness (QED) is 0.356.